The monoisotopic (exact) mass is 260 g/mol. The number of halogens is 1. The zero-order valence-electron chi connectivity index (χ0n) is 9.88. The molecule has 1 amide bonds. The topological polar surface area (TPSA) is 64.8 Å². The molecule has 0 fully saturated rings. The van der Waals surface area contributed by atoms with Gasteiger partial charge in [0, 0.05) is 20.1 Å². The van der Waals surface area contributed by atoms with Crippen LogP contribution in [0.2, 0.25) is 0 Å². The molecule has 0 aromatic heterocycles. The first-order valence-corrected chi connectivity index (χ1v) is 4.94. The van der Waals surface area contributed by atoms with Gasteiger partial charge in [0.2, 0.25) is 0 Å². The fraction of sp³-hybridized carbons (Fsp3) is 0.364. The van der Waals surface area contributed by atoms with Crippen molar-refractivity contribution in [3.8, 4) is 11.5 Å². The molecule has 0 bridgehead atoms. The second-order valence-electron chi connectivity index (χ2n) is 3.25. The zero-order valence-corrected chi connectivity index (χ0v) is 10.7. The van der Waals surface area contributed by atoms with Gasteiger partial charge in [-0.05, 0) is 24.3 Å². The number of nitrogens with zero attached hydrogens (tertiary/aromatic N) is 1. The van der Waals surface area contributed by atoms with Gasteiger partial charge in [0.25, 0.3) is 0 Å². The largest absolute Gasteiger partial charge is 0.497 e. The molecule has 0 unspecified atom stereocenters. The number of amides is 1. The molecule has 0 saturated carbocycles. The van der Waals surface area contributed by atoms with E-state index < -0.39 is 6.09 Å². The van der Waals surface area contributed by atoms with Crippen LogP contribution < -0.4 is 15.2 Å². The number of carbonyl (C=O) groups excluding carboxylic acids is 1. The van der Waals surface area contributed by atoms with Gasteiger partial charge in [0.15, 0.2) is 0 Å². The van der Waals surface area contributed by atoms with E-state index in [1.807, 2.05) is 0 Å². The van der Waals surface area contributed by atoms with Crippen LogP contribution in [0.5, 0.6) is 11.5 Å². The molecule has 17 heavy (non-hydrogen) atoms. The maximum atomic E-state index is 11.5. The van der Waals surface area contributed by atoms with Gasteiger partial charge in [-0.1, -0.05) is 0 Å². The Labute approximate surface area is 107 Å². The van der Waals surface area contributed by atoms with Gasteiger partial charge in [0.1, 0.15) is 11.5 Å². The number of ether oxygens (including phenoxy) is 2. The third-order valence-corrected chi connectivity index (χ3v) is 2.04. The molecule has 0 aliphatic carbocycles. The first kappa shape index (κ1) is 15.5. The maximum absolute atomic E-state index is 11.5. The predicted octanol–water partition coefficient (Wildman–Crippen LogP) is 1.51. The van der Waals surface area contributed by atoms with Crippen molar-refractivity contribution < 1.29 is 14.3 Å². The van der Waals surface area contributed by atoms with Crippen molar-refractivity contribution in [2.75, 3.05) is 27.2 Å². The molecule has 0 radical (unpaired) electrons. The molecule has 5 nitrogen and oxygen atoms in total. The highest BCUT2D eigenvalue weighted by Crippen LogP contribution is 2.17. The van der Waals surface area contributed by atoms with Crippen LogP contribution in [0.15, 0.2) is 24.3 Å². The van der Waals surface area contributed by atoms with Crippen LogP contribution in [0.25, 0.3) is 0 Å². The van der Waals surface area contributed by atoms with E-state index in [1.165, 1.54) is 4.90 Å². The van der Waals surface area contributed by atoms with Crippen LogP contribution in [-0.4, -0.2) is 38.2 Å². The number of hydrogen-bond acceptors (Lipinski definition) is 4. The first-order chi connectivity index (χ1) is 7.67. The minimum Gasteiger partial charge on any atom is -0.497 e. The van der Waals surface area contributed by atoms with E-state index in [9.17, 15) is 4.79 Å². The summed E-state index contributed by atoms with van der Waals surface area (Å²) in [6.45, 7) is 0.878. The lowest BCUT2D eigenvalue weighted by atomic mass is 10.3. The van der Waals surface area contributed by atoms with Gasteiger partial charge in [0.05, 0.1) is 7.11 Å². The zero-order chi connectivity index (χ0) is 12.0. The summed E-state index contributed by atoms with van der Waals surface area (Å²) in [6, 6.07) is 6.80. The highest BCUT2D eigenvalue weighted by atomic mass is 35.5. The number of methoxy groups -OCH3 is 1. The Morgan fingerprint density at radius 1 is 1.29 bits per heavy atom. The Balaban J connectivity index is 0.00000256. The summed E-state index contributed by atoms with van der Waals surface area (Å²) in [4.78, 5) is 12.9. The van der Waals surface area contributed by atoms with Crippen LogP contribution in [0.3, 0.4) is 0 Å². The normalized spacial score (nSPS) is 9.12. The van der Waals surface area contributed by atoms with Crippen molar-refractivity contribution in [2.45, 2.75) is 0 Å². The van der Waals surface area contributed by atoms with Crippen molar-refractivity contribution in [2.24, 2.45) is 5.73 Å². The van der Waals surface area contributed by atoms with Gasteiger partial charge in [-0.2, -0.15) is 0 Å². The van der Waals surface area contributed by atoms with Gasteiger partial charge < -0.3 is 20.1 Å². The van der Waals surface area contributed by atoms with Crippen LogP contribution in [0.1, 0.15) is 0 Å². The van der Waals surface area contributed by atoms with Gasteiger partial charge in [-0.25, -0.2) is 4.79 Å². The Morgan fingerprint density at radius 3 is 2.29 bits per heavy atom. The van der Waals surface area contributed by atoms with E-state index in [0.717, 1.165) is 5.75 Å². The highest BCUT2D eigenvalue weighted by Gasteiger charge is 2.09. The summed E-state index contributed by atoms with van der Waals surface area (Å²) >= 11 is 0. The second kappa shape index (κ2) is 7.76. The van der Waals surface area contributed by atoms with Crippen molar-refractivity contribution in [3.63, 3.8) is 0 Å². The summed E-state index contributed by atoms with van der Waals surface area (Å²) in [5, 5.41) is 0. The number of likely N-dealkylation sites (N-methyl/N-ethyl adjacent to an activating group) is 1. The SMILES string of the molecule is COc1ccc(OC(=O)N(C)CCN)cc1.Cl. The fourth-order valence-electron chi connectivity index (χ4n) is 1.11. The predicted molar refractivity (Wildman–Crippen MR) is 68.0 cm³/mol. The van der Waals surface area contributed by atoms with Crippen LogP contribution in [0.4, 0.5) is 4.79 Å². The maximum Gasteiger partial charge on any atom is 0.415 e. The van der Waals surface area contributed by atoms with Crippen molar-refractivity contribution in [1.29, 1.82) is 0 Å². The molecule has 0 atom stereocenters. The van der Waals surface area contributed by atoms with Crippen molar-refractivity contribution in [3.05, 3.63) is 24.3 Å². The summed E-state index contributed by atoms with van der Waals surface area (Å²) in [6.07, 6.45) is -0.421. The average molecular weight is 261 g/mol. The lowest BCUT2D eigenvalue weighted by molar-refractivity contribution is 0.164. The molecule has 0 saturated heterocycles. The highest BCUT2D eigenvalue weighted by molar-refractivity contribution is 5.85. The Kier molecular flexibility index (Phi) is 7.09. The van der Waals surface area contributed by atoms with Crippen molar-refractivity contribution >= 4 is 18.5 Å². The molecule has 6 heteroatoms. The summed E-state index contributed by atoms with van der Waals surface area (Å²) in [7, 11) is 3.22. The molecule has 1 aromatic rings. The molecule has 96 valence electrons. The molecule has 0 aliphatic heterocycles. The third-order valence-electron chi connectivity index (χ3n) is 2.04. The molecule has 0 aliphatic rings. The molecule has 0 heterocycles. The number of hydrogen-bond donors (Lipinski definition) is 1. The summed E-state index contributed by atoms with van der Waals surface area (Å²) < 4.78 is 10.1. The summed E-state index contributed by atoms with van der Waals surface area (Å²) in [5.74, 6) is 1.20. The van der Waals surface area contributed by atoms with E-state index in [0.29, 0.717) is 18.8 Å². The molecular weight excluding hydrogens is 244 g/mol. The Bertz CT molecular complexity index is 343. The average Bonchev–Trinajstić information content (AvgIpc) is 2.30. The fourth-order valence-corrected chi connectivity index (χ4v) is 1.11. The third kappa shape index (κ3) is 4.93. The minimum absolute atomic E-state index is 0. The Hall–Kier alpha value is -1.46. The smallest absolute Gasteiger partial charge is 0.415 e. The van der Waals surface area contributed by atoms with Gasteiger partial charge >= 0.3 is 6.09 Å². The minimum atomic E-state index is -0.421. The summed E-state index contributed by atoms with van der Waals surface area (Å²) in [5.41, 5.74) is 5.33. The van der Waals surface area contributed by atoms with Gasteiger partial charge in [-0.15, -0.1) is 12.4 Å². The molecule has 0 spiro atoms. The number of rotatable bonds is 4. The molecule has 1 rings (SSSR count). The van der Waals surface area contributed by atoms with Gasteiger partial charge in [-0.3, -0.25) is 0 Å². The number of carbonyl (C=O) groups is 1. The standard InChI is InChI=1S/C11H16N2O3.ClH/c1-13(8-7-12)11(14)16-10-5-3-9(15-2)4-6-10;/h3-6H,7-8,12H2,1-2H3;1H. The van der Waals surface area contributed by atoms with E-state index >= 15 is 0 Å². The molecule has 2 N–H and O–H groups in total. The van der Waals surface area contributed by atoms with Crippen molar-refractivity contribution in [1.82, 2.24) is 4.90 Å². The van der Waals surface area contributed by atoms with E-state index in [4.69, 9.17) is 15.2 Å². The van der Waals surface area contributed by atoms with E-state index in [1.54, 1.807) is 38.4 Å². The molecule has 1 aromatic carbocycles. The van der Waals surface area contributed by atoms with E-state index in [-0.39, 0.29) is 12.4 Å². The van der Waals surface area contributed by atoms with Crippen LogP contribution in [-0.2, 0) is 0 Å². The molecular formula is C11H17ClN2O3. The number of benzene rings is 1. The quantitative estimate of drug-likeness (QED) is 0.891. The number of nitrogens with two attached hydrogens (primary N) is 1. The van der Waals surface area contributed by atoms with Crippen LogP contribution >= 0.6 is 12.4 Å². The first-order valence-electron chi connectivity index (χ1n) is 4.94. The second-order valence-corrected chi connectivity index (χ2v) is 3.25. The Morgan fingerprint density at radius 2 is 1.82 bits per heavy atom. The lowest BCUT2D eigenvalue weighted by Crippen LogP contribution is -2.33. The van der Waals surface area contributed by atoms with E-state index in [2.05, 4.69) is 0 Å². The van der Waals surface area contributed by atoms with Crippen LogP contribution in [0, 0.1) is 0 Å². The lowest BCUT2D eigenvalue weighted by Gasteiger charge is -2.15.